The molecule has 0 aliphatic carbocycles. The molecule has 0 saturated carbocycles. The van der Waals surface area contributed by atoms with Crippen LogP contribution in [0, 0.1) is 5.92 Å². The topological polar surface area (TPSA) is 41.6 Å². The molecule has 1 saturated heterocycles. The van der Waals surface area contributed by atoms with Crippen LogP contribution in [0.25, 0.3) is 0 Å². The van der Waals surface area contributed by atoms with Crippen molar-refractivity contribution in [2.45, 2.75) is 32.9 Å². The number of carbonyl (C=O) groups excluding carboxylic acids is 1. The molecule has 1 aliphatic heterocycles. The molecule has 1 fully saturated rings. The first kappa shape index (κ1) is 19.7. The number of benzene rings is 2. The Morgan fingerprint density at radius 2 is 2.11 bits per heavy atom. The Morgan fingerprint density at radius 1 is 1.26 bits per heavy atom. The Kier molecular flexibility index (Phi) is 7.13. The number of rotatable bonds is 7. The van der Waals surface area contributed by atoms with E-state index < -0.39 is 0 Å². The van der Waals surface area contributed by atoms with E-state index in [0.717, 1.165) is 54.4 Å². The van der Waals surface area contributed by atoms with Crippen LogP contribution >= 0.6 is 11.6 Å². The van der Waals surface area contributed by atoms with Crippen molar-refractivity contribution in [2.75, 3.05) is 19.7 Å². The van der Waals surface area contributed by atoms with Crippen molar-refractivity contribution in [3.8, 4) is 5.75 Å². The second-order valence-corrected chi connectivity index (χ2v) is 7.37. The van der Waals surface area contributed by atoms with Crippen molar-refractivity contribution in [1.29, 1.82) is 0 Å². The number of ether oxygens (including phenoxy) is 1. The summed E-state index contributed by atoms with van der Waals surface area (Å²) in [7, 11) is 0. The van der Waals surface area contributed by atoms with Gasteiger partial charge in [0, 0.05) is 24.7 Å². The summed E-state index contributed by atoms with van der Waals surface area (Å²) in [5.74, 6) is 0.991. The van der Waals surface area contributed by atoms with Crippen LogP contribution in [0.1, 0.15) is 30.9 Å². The van der Waals surface area contributed by atoms with Crippen LogP contribution in [0.4, 0.5) is 0 Å². The predicted octanol–water partition coefficient (Wildman–Crippen LogP) is 4.27. The van der Waals surface area contributed by atoms with Crippen molar-refractivity contribution >= 4 is 17.5 Å². The van der Waals surface area contributed by atoms with Gasteiger partial charge in [-0.15, -0.1) is 0 Å². The van der Waals surface area contributed by atoms with Gasteiger partial charge in [0.2, 0.25) is 5.91 Å². The van der Waals surface area contributed by atoms with Gasteiger partial charge >= 0.3 is 0 Å². The number of halogens is 1. The number of nitrogens with zero attached hydrogens (tertiary/aromatic N) is 1. The molecule has 27 heavy (non-hydrogen) atoms. The SMILES string of the molecule is CCOc1cccc(CNC(=O)[C@@H]2CCCN(Cc3ccccc3Cl)C2)c1. The van der Waals surface area contributed by atoms with Crippen molar-refractivity contribution < 1.29 is 9.53 Å². The molecule has 0 bridgehead atoms. The third-order valence-electron chi connectivity index (χ3n) is 4.90. The average Bonchev–Trinajstić information content (AvgIpc) is 2.69. The minimum absolute atomic E-state index is 0.0244. The second kappa shape index (κ2) is 9.77. The van der Waals surface area contributed by atoms with Gasteiger partial charge in [-0.05, 0) is 55.6 Å². The van der Waals surface area contributed by atoms with E-state index in [9.17, 15) is 4.79 Å². The van der Waals surface area contributed by atoms with Crippen molar-refractivity contribution in [2.24, 2.45) is 5.92 Å². The molecule has 1 heterocycles. The zero-order chi connectivity index (χ0) is 19.1. The van der Waals surface area contributed by atoms with Crippen molar-refractivity contribution in [1.82, 2.24) is 10.2 Å². The molecule has 0 aromatic heterocycles. The van der Waals surface area contributed by atoms with Crippen molar-refractivity contribution in [3.63, 3.8) is 0 Å². The molecule has 3 rings (SSSR count). The lowest BCUT2D eigenvalue weighted by molar-refractivity contribution is -0.126. The summed E-state index contributed by atoms with van der Waals surface area (Å²) < 4.78 is 5.52. The molecule has 1 N–H and O–H groups in total. The molecule has 5 heteroatoms. The number of nitrogens with one attached hydrogen (secondary N) is 1. The zero-order valence-corrected chi connectivity index (χ0v) is 16.5. The monoisotopic (exact) mass is 386 g/mol. The van der Waals surface area contributed by atoms with Gasteiger partial charge in [-0.2, -0.15) is 0 Å². The minimum Gasteiger partial charge on any atom is -0.494 e. The Labute approximate surface area is 166 Å². The van der Waals surface area contributed by atoms with Crippen LogP contribution in [0.5, 0.6) is 5.75 Å². The highest BCUT2D eigenvalue weighted by Gasteiger charge is 2.25. The maximum atomic E-state index is 12.7. The van der Waals surface area contributed by atoms with E-state index in [0.29, 0.717) is 13.2 Å². The lowest BCUT2D eigenvalue weighted by atomic mass is 9.96. The van der Waals surface area contributed by atoms with E-state index in [1.165, 1.54) is 0 Å². The van der Waals surface area contributed by atoms with Gasteiger partial charge in [-0.3, -0.25) is 9.69 Å². The lowest BCUT2D eigenvalue weighted by Crippen LogP contribution is -2.42. The second-order valence-electron chi connectivity index (χ2n) is 6.96. The fourth-order valence-corrected chi connectivity index (χ4v) is 3.72. The highest BCUT2D eigenvalue weighted by Crippen LogP contribution is 2.22. The van der Waals surface area contributed by atoms with Crippen LogP contribution < -0.4 is 10.1 Å². The first-order valence-corrected chi connectivity index (χ1v) is 9.98. The summed E-state index contributed by atoms with van der Waals surface area (Å²) in [6, 6.07) is 15.8. The van der Waals surface area contributed by atoms with E-state index in [-0.39, 0.29) is 11.8 Å². The summed E-state index contributed by atoms with van der Waals surface area (Å²) in [4.78, 5) is 15.0. The fraction of sp³-hybridized carbons (Fsp3) is 0.409. The van der Waals surface area contributed by atoms with Gasteiger partial charge in [0.05, 0.1) is 12.5 Å². The normalized spacial score (nSPS) is 17.5. The number of hydrogen-bond donors (Lipinski definition) is 1. The summed E-state index contributed by atoms with van der Waals surface area (Å²) in [6.07, 6.45) is 1.96. The number of amides is 1. The molecule has 2 aromatic carbocycles. The average molecular weight is 387 g/mol. The summed E-state index contributed by atoms with van der Waals surface area (Å²) >= 11 is 6.28. The quantitative estimate of drug-likeness (QED) is 0.772. The smallest absolute Gasteiger partial charge is 0.224 e. The number of piperidine rings is 1. The first-order chi connectivity index (χ1) is 13.2. The molecular formula is C22H27ClN2O2. The van der Waals surface area contributed by atoms with Crippen LogP contribution in [-0.4, -0.2) is 30.5 Å². The Hall–Kier alpha value is -2.04. The summed E-state index contributed by atoms with van der Waals surface area (Å²) in [5.41, 5.74) is 2.17. The highest BCUT2D eigenvalue weighted by atomic mass is 35.5. The van der Waals surface area contributed by atoms with Gasteiger partial charge in [0.15, 0.2) is 0 Å². The van der Waals surface area contributed by atoms with E-state index >= 15 is 0 Å². The maximum Gasteiger partial charge on any atom is 0.224 e. The van der Waals surface area contributed by atoms with E-state index in [1.54, 1.807) is 0 Å². The highest BCUT2D eigenvalue weighted by molar-refractivity contribution is 6.31. The van der Waals surface area contributed by atoms with E-state index in [2.05, 4.69) is 16.3 Å². The van der Waals surface area contributed by atoms with E-state index in [4.69, 9.17) is 16.3 Å². The summed E-state index contributed by atoms with van der Waals surface area (Å²) in [6.45, 7) is 5.70. The first-order valence-electron chi connectivity index (χ1n) is 9.61. The van der Waals surface area contributed by atoms with Gasteiger partial charge in [0.1, 0.15) is 5.75 Å². The molecule has 0 spiro atoms. The molecule has 144 valence electrons. The van der Waals surface area contributed by atoms with Gasteiger partial charge in [-0.25, -0.2) is 0 Å². The molecule has 1 atom stereocenters. The third-order valence-corrected chi connectivity index (χ3v) is 5.27. The van der Waals surface area contributed by atoms with Crippen LogP contribution in [0.3, 0.4) is 0 Å². The molecule has 1 aliphatic rings. The van der Waals surface area contributed by atoms with Crippen molar-refractivity contribution in [3.05, 3.63) is 64.7 Å². The van der Waals surface area contributed by atoms with E-state index in [1.807, 2.05) is 49.4 Å². The van der Waals surface area contributed by atoms with Crippen LogP contribution in [-0.2, 0) is 17.9 Å². The predicted molar refractivity (Wildman–Crippen MR) is 109 cm³/mol. The Morgan fingerprint density at radius 3 is 2.93 bits per heavy atom. The van der Waals surface area contributed by atoms with Crippen LogP contribution in [0.15, 0.2) is 48.5 Å². The Bertz CT molecular complexity index is 765. The molecule has 2 aromatic rings. The molecule has 1 amide bonds. The lowest BCUT2D eigenvalue weighted by Gasteiger charge is -2.32. The largest absolute Gasteiger partial charge is 0.494 e. The standard InChI is InChI=1S/C22H27ClN2O2/c1-2-27-20-10-5-7-17(13-20)14-24-22(26)19-9-6-12-25(16-19)15-18-8-3-4-11-21(18)23/h3-5,7-8,10-11,13,19H,2,6,9,12,14-16H2,1H3,(H,24,26)/t19-/m1/s1. The molecule has 0 radical (unpaired) electrons. The van der Waals surface area contributed by atoms with Gasteiger partial charge in [0.25, 0.3) is 0 Å². The van der Waals surface area contributed by atoms with Crippen LogP contribution in [0.2, 0.25) is 5.02 Å². The third kappa shape index (κ3) is 5.72. The van der Waals surface area contributed by atoms with Gasteiger partial charge < -0.3 is 10.1 Å². The van der Waals surface area contributed by atoms with Gasteiger partial charge in [-0.1, -0.05) is 41.9 Å². The molecule has 0 unspecified atom stereocenters. The maximum absolute atomic E-state index is 12.7. The fourth-order valence-electron chi connectivity index (χ4n) is 3.53. The number of carbonyl (C=O) groups is 1. The zero-order valence-electron chi connectivity index (χ0n) is 15.8. The Balaban J connectivity index is 1.52. The minimum atomic E-state index is 0.0244. The number of likely N-dealkylation sites (tertiary alicyclic amines) is 1. The molecular weight excluding hydrogens is 360 g/mol. The number of hydrogen-bond acceptors (Lipinski definition) is 3. The molecule has 4 nitrogen and oxygen atoms in total. The summed E-state index contributed by atoms with van der Waals surface area (Å²) in [5, 5.41) is 3.88.